The summed E-state index contributed by atoms with van der Waals surface area (Å²) in [5.74, 6) is 1.10. The van der Waals surface area contributed by atoms with Gasteiger partial charge in [-0.15, -0.1) is 0 Å². The molecule has 3 aliphatic heterocycles. The molecule has 0 aromatic rings. The molecular formula is C30H40O6. The van der Waals surface area contributed by atoms with Crippen LogP contribution in [0.1, 0.15) is 73.6 Å². The molecule has 6 heteroatoms. The Balaban J connectivity index is 1.37. The quantitative estimate of drug-likeness (QED) is 0.403. The fraction of sp³-hybridized carbons (Fsp3) is 0.867. The number of fused-ring (bicyclic) bond motifs is 7. The minimum atomic E-state index is -0.848. The van der Waals surface area contributed by atoms with Crippen molar-refractivity contribution in [2.24, 2.45) is 58.7 Å². The van der Waals surface area contributed by atoms with Gasteiger partial charge in [0.15, 0.2) is 0 Å². The van der Waals surface area contributed by atoms with E-state index in [1.54, 1.807) is 0 Å². The number of rotatable bonds is 0. The summed E-state index contributed by atoms with van der Waals surface area (Å²) in [6, 6.07) is 0. The molecule has 36 heavy (non-hydrogen) atoms. The van der Waals surface area contributed by atoms with Crippen molar-refractivity contribution in [2.75, 3.05) is 0 Å². The first kappa shape index (κ1) is 22.6. The van der Waals surface area contributed by atoms with E-state index in [2.05, 4.69) is 27.7 Å². The maximum atomic E-state index is 13.0. The summed E-state index contributed by atoms with van der Waals surface area (Å²) < 4.78 is 19.6. The summed E-state index contributed by atoms with van der Waals surface area (Å²) in [5, 5.41) is 12.1. The lowest BCUT2D eigenvalue weighted by molar-refractivity contribution is -0.207. The van der Waals surface area contributed by atoms with E-state index in [0.29, 0.717) is 18.3 Å². The number of carbonyl (C=O) groups is 2. The molecule has 0 radical (unpaired) electrons. The lowest BCUT2D eigenvalue weighted by Crippen LogP contribution is -2.58. The first-order valence-electron chi connectivity index (χ1n) is 14.4. The van der Waals surface area contributed by atoms with Crippen LogP contribution in [0.5, 0.6) is 0 Å². The summed E-state index contributed by atoms with van der Waals surface area (Å²) in [6.07, 6.45) is 3.99. The van der Waals surface area contributed by atoms with E-state index in [-0.39, 0.29) is 82.2 Å². The van der Waals surface area contributed by atoms with E-state index < -0.39 is 5.60 Å². The van der Waals surface area contributed by atoms with Gasteiger partial charge in [-0.3, -0.25) is 9.59 Å². The average molecular weight is 497 g/mol. The summed E-state index contributed by atoms with van der Waals surface area (Å²) in [4.78, 5) is 25.8. The van der Waals surface area contributed by atoms with Gasteiger partial charge in [0.1, 0.15) is 12.2 Å². The van der Waals surface area contributed by atoms with Crippen molar-refractivity contribution >= 4 is 11.9 Å². The Bertz CT molecular complexity index is 1140. The molecular weight excluding hydrogens is 456 g/mol. The van der Waals surface area contributed by atoms with Gasteiger partial charge in [-0.25, -0.2) is 0 Å². The first-order valence-corrected chi connectivity index (χ1v) is 14.4. The van der Waals surface area contributed by atoms with Gasteiger partial charge >= 0.3 is 11.9 Å². The van der Waals surface area contributed by atoms with Gasteiger partial charge < -0.3 is 19.3 Å². The molecule has 7 fully saturated rings. The Kier molecular flexibility index (Phi) is 3.92. The van der Waals surface area contributed by atoms with Crippen LogP contribution in [0.25, 0.3) is 0 Å². The van der Waals surface area contributed by atoms with Crippen molar-refractivity contribution in [2.45, 2.75) is 103 Å². The van der Waals surface area contributed by atoms with Gasteiger partial charge in [-0.05, 0) is 83.1 Å². The van der Waals surface area contributed by atoms with Crippen LogP contribution in [-0.4, -0.2) is 46.1 Å². The lowest BCUT2D eigenvalue weighted by atomic mass is 9.55. The van der Waals surface area contributed by atoms with E-state index in [4.69, 9.17) is 14.2 Å². The van der Waals surface area contributed by atoms with Crippen molar-refractivity contribution in [3.05, 3.63) is 11.1 Å². The summed E-state index contributed by atoms with van der Waals surface area (Å²) in [6.45, 7) is 12.9. The molecule has 0 spiro atoms. The highest BCUT2D eigenvalue weighted by Gasteiger charge is 2.89. The molecule has 5 bridgehead atoms. The predicted octanol–water partition coefficient (Wildman–Crippen LogP) is 4.04. The monoisotopic (exact) mass is 496 g/mol. The van der Waals surface area contributed by atoms with Crippen molar-refractivity contribution in [3.8, 4) is 0 Å². The highest BCUT2D eigenvalue weighted by molar-refractivity contribution is 5.76. The van der Waals surface area contributed by atoms with E-state index in [1.165, 1.54) is 11.1 Å². The zero-order valence-corrected chi connectivity index (χ0v) is 22.4. The molecule has 0 aromatic carbocycles. The molecule has 5 aliphatic carbocycles. The van der Waals surface area contributed by atoms with E-state index in [0.717, 1.165) is 25.7 Å². The number of hydrogen-bond acceptors (Lipinski definition) is 6. The van der Waals surface area contributed by atoms with Crippen LogP contribution in [0.4, 0.5) is 0 Å². The molecule has 0 amide bonds. The third kappa shape index (κ3) is 2.10. The lowest BCUT2D eigenvalue weighted by Gasteiger charge is -2.53. The highest BCUT2D eigenvalue weighted by atomic mass is 16.6. The number of ether oxygens (including phenoxy) is 3. The van der Waals surface area contributed by atoms with Crippen LogP contribution in [0, 0.1) is 58.7 Å². The molecule has 15 atom stereocenters. The molecule has 0 aromatic heterocycles. The second-order valence-corrected chi connectivity index (χ2v) is 14.6. The van der Waals surface area contributed by atoms with Crippen LogP contribution in [-0.2, 0) is 23.8 Å². The minimum Gasteiger partial charge on any atom is -0.461 e. The number of allylic oxidation sites excluding steroid dienone is 1. The topological polar surface area (TPSA) is 82.1 Å². The Hall–Kier alpha value is -1.40. The molecule has 8 aliphatic rings. The fourth-order valence-corrected chi connectivity index (χ4v) is 12.4. The molecule has 0 unspecified atom stereocenters. The highest BCUT2D eigenvalue weighted by Crippen LogP contribution is 2.85. The number of aliphatic hydroxyl groups is 1. The van der Waals surface area contributed by atoms with Crippen molar-refractivity contribution < 1.29 is 28.9 Å². The van der Waals surface area contributed by atoms with Crippen molar-refractivity contribution in [3.63, 3.8) is 0 Å². The molecule has 196 valence electrons. The van der Waals surface area contributed by atoms with Gasteiger partial charge in [0, 0.05) is 29.1 Å². The van der Waals surface area contributed by atoms with Crippen LogP contribution < -0.4 is 0 Å². The standard InChI is InChI=1S/C30H40O6/c1-12-15-7-9-27(4,33)21-18(22(15)34-25(12)31)14(3)20-19(21)17-11-29(6)30(20)23(17)28(5,36-29)10-8-16-13(2)26(32)35-24(16)30/h12-13,15-17,19-24,33H,7-11H2,1-6H3/t12-,13+,15+,16+,17-,19+,20+,21+,22+,23+,24+,27-,28+,29-,30+/m1/s1. The van der Waals surface area contributed by atoms with Crippen LogP contribution in [0.15, 0.2) is 11.1 Å². The Morgan fingerprint density at radius 2 is 1.56 bits per heavy atom. The Morgan fingerprint density at radius 3 is 2.31 bits per heavy atom. The maximum Gasteiger partial charge on any atom is 0.309 e. The van der Waals surface area contributed by atoms with Gasteiger partial charge in [0.05, 0.1) is 28.6 Å². The summed E-state index contributed by atoms with van der Waals surface area (Å²) >= 11 is 0. The molecule has 1 N–H and O–H groups in total. The van der Waals surface area contributed by atoms with E-state index >= 15 is 0 Å². The van der Waals surface area contributed by atoms with Gasteiger partial charge in [-0.1, -0.05) is 19.4 Å². The number of esters is 2. The van der Waals surface area contributed by atoms with Crippen molar-refractivity contribution in [1.82, 2.24) is 0 Å². The van der Waals surface area contributed by atoms with Gasteiger partial charge in [0.2, 0.25) is 0 Å². The third-order valence-corrected chi connectivity index (χ3v) is 13.3. The molecule has 4 saturated carbocycles. The van der Waals surface area contributed by atoms with Crippen LogP contribution >= 0.6 is 0 Å². The normalized spacial score (nSPS) is 63.9. The van der Waals surface area contributed by atoms with Gasteiger partial charge in [0.25, 0.3) is 0 Å². The zero-order valence-electron chi connectivity index (χ0n) is 22.4. The smallest absolute Gasteiger partial charge is 0.309 e. The molecule has 3 saturated heterocycles. The predicted molar refractivity (Wildman–Crippen MR) is 129 cm³/mol. The Labute approximate surface area is 213 Å². The second kappa shape index (κ2) is 6.25. The fourth-order valence-electron chi connectivity index (χ4n) is 12.4. The zero-order chi connectivity index (χ0) is 25.3. The minimum absolute atomic E-state index is 0.0238. The summed E-state index contributed by atoms with van der Waals surface area (Å²) in [7, 11) is 0. The van der Waals surface area contributed by atoms with E-state index in [9.17, 15) is 14.7 Å². The SMILES string of the molecule is CC1=C2[C@H]3OC(=O)[C@H](C)[C@@H]3CC[C@@](C)(O)[C@@H]2[C@H]2[C@H]3C[C@@]4(C)O[C@@]5(C)CC[C@H]6[C@H](C)C(=O)O[C@@H]6[C@@]4([C@@H]35)[C@@H]12. The second-order valence-electron chi connectivity index (χ2n) is 14.6. The van der Waals surface area contributed by atoms with E-state index in [1.807, 2.05) is 13.8 Å². The third-order valence-electron chi connectivity index (χ3n) is 13.3. The van der Waals surface area contributed by atoms with Gasteiger partial charge in [-0.2, -0.15) is 0 Å². The largest absolute Gasteiger partial charge is 0.461 e. The average Bonchev–Trinajstić information content (AvgIpc) is 3.51. The summed E-state index contributed by atoms with van der Waals surface area (Å²) in [5.41, 5.74) is 0.769. The molecule has 6 nitrogen and oxygen atoms in total. The first-order chi connectivity index (χ1) is 16.9. The molecule has 8 rings (SSSR count). The Morgan fingerprint density at radius 1 is 0.889 bits per heavy atom. The maximum absolute atomic E-state index is 13.0. The number of carbonyl (C=O) groups excluding carboxylic acids is 2. The van der Waals surface area contributed by atoms with Crippen LogP contribution in [0.2, 0.25) is 0 Å². The van der Waals surface area contributed by atoms with Crippen LogP contribution in [0.3, 0.4) is 0 Å². The molecule has 3 heterocycles. The number of hydrogen-bond donors (Lipinski definition) is 1. The van der Waals surface area contributed by atoms with Crippen molar-refractivity contribution in [1.29, 1.82) is 0 Å².